The maximum Gasteiger partial charge on any atom is 0.120 e. The Labute approximate surface area is 101 Å². The summed E-state index contributed by atoms with van der Waals surface area (Å²) in [5.41, 5.74) is 3.68. The van der Waals surface area contributed by atoms with Crippen LogP contribution in [0.1, 0.15) is 16.7 Å². The van der Waals surface area contributed by atoms with Crippen molar-refractivity contribution in [1.82, 2.24) is 0 Å². The molecule has 0 spiro atoms. The summed E-state index contributed by atoms with van der Waals surface area (Å²) in [6, 6.07) is 16.4. The molecule has 0 bridgehead atoms. The summed E-state index contributed by atoms with van der Waals surface area (Å²) < 4.78 is 5.76. The Bertz CT molecular complexity index is 541. The zero-order valence-corrected chi connectivity index (χ0v) is 9.52. The van der Waals surface area contributed by atoms with E-state index in [2.05, 4.69) is 36.4 Å². The van der Waals surface area contributed by atoms with Gasteiger partial charge in [-0.1, -0.05) is 42.5 Å². The molecule has 2 aromatic carbocycles. The number of rotatable bonds is 3. The number of fused-ring (bicyclic) bond motifs is 1. The molecule has 17 heavy (non-hydrogen) atoms. The average Bonchev–Trinajstić information content (AvgIpc) is 2.85. The molecule has 3 rings (SSSR count). The first-order valence-corrected chi connectivity index (χ1v) is 5.80. The van der Waals surface area contributed by atoms with Crippen LogP contribution in [0.25, 0.3) is 0 Å². The van der Waals surface area contributed by atoms with Gasteiger partial charge < -0.3 is 4.74 Å². The van der Waals surface area contributed by atoms with Gasteiger partial charge in [-0.25, -0.2) is 0 Å². The first-order valence-electron chi connectivity index (χ1n) is 5.80. The van der Waals surface area contributed by atoms with Crippen molar-refractivity contribution in [3.8, 4) is 5.75 Å². The second-order valence-corrected chi connectivity index (χ2v) is 4.15. The minimum Gasteiger partial charge on any atom is -0.489 e. The standard InChI is InChI=1S/C16H13O/c1-2-5-13(6-3-1)12-17-16-10-9-14-7-4-8-15(14)11-16/h1-6,9-11H,7,12H2. The highest BCUT2D eigenvalue weighted by molar-refractivity contribution is 5.43. The lowest BCUT2D eigenvalue weighted by molar-refractivity contribution is 0.306. The highest BCUT2D eigenvalue weighted by atomic mass is 16.5. The van der Waals surface area contributed by atoms with Crippen LogP contribution in [0.5, 0.6) is 5.75 Å². The Morgan fingerprint density at radius 3 is 2.82 bits per heavy atom. The number of benzene rings is 2. The van der Waals surface area contributed by atoms with Gasteiger partial charge in [0.15, 0.2) is 0 Å². The van der Waals surface area contributed by atoms with Crippen molar-refractivity contribution in [2.75, 3.05) is 0 Å². The topological polar surface area (TPSA) is 9.23 Å². The zero-order valence-electron chi connectivity index (χ0n) is 9.52. The van der Waals surface area contributed by atoms with Crippen molar-refractivity contribution < 1.29 is 4.74 Å². The van der Waals surface area contributed by atoms with E-state index in [0.29, 0.717) is 6.61 Å². The van der Waals surface area contributed by atoms with Gasteiger partial charge in [0.05, 0.1) is 0 Å². The van der Waals surface area contributed by atoms with Gasteiger partial charge in [-0.3, -0.25) is 0 Å². The summed E-state index contributed by atoms with van der Waals surface area (Å²) in [6.07, 6.45) is 6.29. The predicted molar refractivity (Wildman–Crippen MR) is 67.8 cm³/mol. The minimum atomic E-state index is 0.614. The smallest absolute Gasteiger partial charge is 0.120 e. The molecule has 0 unspecified atom stereocenters. The molecule has 0 N–H and O–H groups in total. The van der Waals surface area contributed by atoms with Crippen LogP contribution in [0.2, 0.25) is 0 Å². The molecule has 0 aromatic heterocycles. The number of allylic oxidation sites excluding steroid dienone is 1. The molecule has 0 aliphatic heterocycles. The molecule has 0 saturated carbocycles. The van der Waals surface area contributed by atoms with Gasteiger partial charge in [0.2, 0.25) is 0 Å². The molecular weight excluding hydrogens is 208 g/mol. The van der Waals surface area contributed by atoms with Crippen LogP contribution in [0, 0.1) is 6.08 Å². The molecule has 1 aliphatic carbocycles. The van der Waals surface area contributed by atoms with E-state index in [1.807, 2.05) is 24.3 Å². The van der Waals surface area contributed by atoms with Crippen molar-refractivity contribution in [2.24, 2.45) is 0 Å². The molecule has 83 valence electrons. The summed E-state index contributed by atoms with van der Waals surface area (Å²) >= 11 is 0. The van der Waals surface area contributed by atoms with Gasteiger partial charge in [0, 0.05) is 0 Å². The third kappa shape index (κ3) is 2.23. The fourth-order valence-electron chi connectivity index (χ4n) is 1.97. The molecule has 0 fully saturated rings. The highest BCUT2D eigenvalue weighted by Gasteiger charge is 2.06. The van der Waals surface area contributed by atoms with Crippen molar-refractivity contribution in [3.63, 3.8) is 0 Å². The molecule has 1 radical (unpaired) electrons. The van der Waals surface area contributed by atoms with Crippen LogP contribution in [-0.4, -0.2) is 0 Å². The third-order valence-electron chi connectivity index (χ3n) is 2.91. The Balaban J connectivity index is 1.72. The highest BCUT2D eigenvalue weighted by Crippen LogP contribution is 2.23. The maximum atomic E-state index is 5.76. The molecule has 0 heterocycles. The van der Waals surface area contributed by atoms with Crippen molar-refractivity contribution in [3.05, 3.63) is 77.4 Å². The summed E-state index contributed by atoms with van der Waals surface area (Å²) in [5.74, 6) is 0.912. The summed E-state index contributed by atoms with van der Waals surface area (Å²) in [6.45, 7) is 0.614. The Kier molecular flexibility index (Phi) is 2.66. The SMILES string of the molecule is [C]1=CCc2ccc(OCc3ccccc3)cc21. The molecule has 1 aliphatic rings. The van der Waals surface area contributed by atoms with Crippen molar-refractivity contribution >= 4 is 0 Å². The van der Waals surface area contributed by atoms with E-state index >= 15 is 0 Å². The van der Waals surface area contributed by atoms with E-state index in [-0.39, 0.29) is 0 Å². The van der Waals surface area contributed by atoms with Crippen LogP contribution in [0.4, 0.5) is 0 Å². The fourth-order valence-corrected chi connectivity index (χ4v) is 1.97. The van der Waals surface area contributed by atoms with Gasteiger partial charge in [0.25, 0.3) is 0 Å². The maximum absolute atomic E-state index is 5.76. The Morgan fingerprint density at radius 2 is 1.94 bits per heavy atom. The lowest BCUT2D eigenvalue weighted by atomic mass is 10.1. The molecule has 2 aromatic rings. The third-order valence-corrected chi connectivity index (χ3v) is 2.91. The number of hydrogen-bond donors (Lipinski definition) is 0. The Morgan fingerprint density at radius 1 is 1.06 bits per heavy atom. The second kappa shape index (κ2) is 4.46. The number of hydrogen-bond acceptors (Lipinski definition) is 1. The minimum absolute atomic E-state index is 0.614. The monoisotopic (exact) mass is 221 g/mol. The normalized spacial score (nSPS) is 12.5. The molecule has 1 nitrogen and oxygen atoms in total. The van der Waals surface area contributed by atoms with E-state index in [1.54, 1.807) is 0 Å². The van der Waals surface area contributed by atoms with Crippen LogP contribution < -0.4 is 4.74 Å². The van der Waals surface area contributed by atoms with Crippen LogP contribution in [0.15, 0.2) is 54.6 Å². The molecule has 0 amide bonds. The first kappa shape index (κ1) is 10.2. The van der Waals surface area contributed by atoms with Gasteiger partial charge in [-0.05, 0) is 41.3 Å². The first-order chi connectivity index (χ1) is 8.42. The van der Waals surface area contributed by atoms with E-state index in [1.165, 1.54) is 11.1 Å². The van der Waals surface area contributed by atoms with Crippen LogP contribution in [0.3, 0.4) is 0 Å². The lowest BCUT2D eigenvalue weighted by Crippen LogP contribution is -1.95. The van der Waals surface area contributed by atoms with Crippen molar-refractivity contribution in [2.45, 2.75) is 13.0 Å². The van der Waals surface area contributed by atoms with Gasteiger partial charge in [-0.2, -0.15) is 0 Å². The van der Waals surface area contributed by atoms with Gasteiger partial charge in [0.1, 0.15) is 12.4 Å². The summed E-state index contributed by atoms with van der Waals surface area (Å²) in [4.78, 5) is 0. The molecule has 0 atom stereocenters. The van der Waals surface area contributed by atoms with E-state index in [4.69, 9.17) is 4.74 Å². The quantitative estimate of drug-likeness (QED) is 0.770. The van der Waals surface area contributed by atoms with E-state index in [0.717, 1.165) is 17.7 Å². The fraction of sp³-hybridized carbons (Fsp3) is 0.125. The molecule has 0 saturated heterocycles. The van der Waals surface area contributed by atoms with Crippen LogP contribution >= 0.6 is 0 Å². The largest absolute Gasteiger partial charge is 0.489 e. The van der Waals surface area contributed by atoms with Crippen molar-refractivity contribution in [1.29, 1.82) is 0 Å². The number of ether oxygens (including phenoxy) is 1. The molecule has 1 heteroatoms. The molecular formula is C16H13O. The van der Waals surface area contributed by atoms with Gasteiger partial charge >= 0.3 is 0 Å². The zero-order chi connectivity index (χ0) is 11.5. The second-order valence-electron chi connectivity index (χ2n) is 4.15. The lowest BCUT2D eigenvalue weighted by Gasteiger charge is -2.07. The summed E-state index contributed by atoms with van der Waals surface area (Å²) in [7, 11) is 0. The van der Waals surface area contributed by atoms with E-state index < -0.39 is 0 Å². The summed E-state index contributed by atoms with van der Waals surface area (Å²) in [5, 5.41) is 0. The van der Waals surface area contributed by atoms with E-state index in [9.17, 15) is 0 Å². The average molecular weight is 221 g/mol. The predicted octanol–water partition coefficient (Wildman–Crippen LogP) is 3.53. The Hall–Kier alpha value is -2.02. The van der Waals surface area contributed by atoms with Gasteiger partial charge in [-0.15, -0.1) is 0 Å². The van der Waals surface area contributed by atoms with Crippen LogP contribution in [-0.2, 0) is 13.0 Å².